The van der Waals surface area contributed by atoms with Gasteiger partial charge in [-0.3, -0.25) is 4.79 Å². The molecule has 1 heterocycles. The van der Waals surface area contributed by atoms with Gasteiger partial charge in [-0.1, -0.05) is 30.3 Å². The Kier molecular flexibility index (Phi) is 3.42. The fourth-order valence-corrected chi connectivity index (χ4v) is 1.88. The van der Waals surface area contributed by atoms with Gasteiger partial charge in [0.2, 0.25) is 0 Å². The van der Waals surface area contributed by atoms with E-state index in [4.69, 9.17) is 0 Å². The molecule has 0 saturated carbocycles. The standard InChI is InChI=1S/C15H16N2O/c1-11(14-7-5-4-6-8-14)9-15(18)17-13(3)10-12(2)16-17/h4-10H,1-3H3/b11-9+. The molecule has 1 aromatic heterocycles. The zero-order valence-corrected chi connectivity index (χ0v) is 10.8. The van der Waals surface area contributed by atoms with Crippen LogP contribution in [0.2, 0.25) is 0 Å². The highest BCUT2D eigenvalue weighted by Gasteiger charge is 2.08. The molecule has 0 saturated heterocycles. The second-order valence-electron chi connectivity index (χ2n) is 4.37. The molecule has 0 atom stereocenters. The molecular weight excluding hydrogens is 224 g/mol. The van der Waals surface area contributed by atoms with Crippen molar-refractivity contribution in [2.45, 2.75) is 20.8 Å². The quantitative estimate of drug-likeness (QED) is 0.755. The molecule has 0 N–H and O–H groups in total. The molecule has 2 aromatic rings. The number of benzene rings is 1. The lowest BCUT2D eigenvalue weighted by atomic mass is 10.1. The third kappa shape index (κ3) is 2.56. The van der Waals surface area contributed by atoms with Gasteiger partial charge >= 0.3 is 0 Å². The van der Waals surface area contributed by atoms with Crippen molar-refractivity contribution < 1.29 is 4.79 Å². The highest BCUT2D eigenvalue weighted by atomic mass is 16.2. The van der Waals surface area contributed by atoms with Crippen molar-refractivity contribution in [2.24, 2.45) is 0 Å². The van der Waals surface area contributed by atoms with E-state index in [9.17, 15) is 4.79 Å². The molecule has 2 rings (SSSR count). The molecule has 92 valence electrons. The Labute approximate surface area is 107 Å². The SMILES string of the molecule is C/C(=C\C(=O)n1nc(C)cc1C)c1ccccc1. The van der Waals surface area contributed by atoms with Gasteiger partial charge in [0.25, 0.3) is 5.91 Å². The summed E-state index contributed by atoms with van der Waals surface area (Å²) in [5.41, 5.74) is 3.70. The average Bonchev–Trinajstić information content (AvgIpc) is 2.69. The van der Waals surface area contributed by atoms with Gasteiger partial charge in [0.05, 0.1) is 5.69 Å². The molecule has 0 unspecified atom stereocenters. The predicted octanol–water partition coefficient (Wildman–Crippen LogP) is 3.24. The highest BCUT2D eigenvalue weighted by molar-refractivity contribution is 5.96. The fraction of sp³-hybridized carbons (Fsp3) is 0.200. The largest absolute Gasteiger partial charge is 0.271 e. The number of allylic oxidation sites excluding steroid dienone is 2. The second-order valence-corrected chi connectivity index (χ2v) is 4.37. The summed E-state index contributed by atoms with van der Waals surface area (Å²) in [6, 6.07) is 11.7. The van der Waals surface area contributed by atoms with E-state index in [1.165, 1.54) is 4.68 Å². The van der Waals surface area contributed by atoms with Gasteiger partial charge in [0, 0.05) is 11.8 Å². The number of carbonyl (C=O) groups excluding carboxylic acids is 1. The smallest absolute Gasteiger partial charge is 0.267 e. The van der Waals surface area contributed by atoms with Crippen molar-refractivity contribution in [3.8, 4) is 0 Å². The van der Waals surface area contributed by atoms with Crippen LogP contribution >= 0.6 is 0 Å². The lowest BCUT2D eigenvalue weighted by Crippen LogP contribution is -2.11. The van der Waals surface area contributed by atoms with Crippen LogP contribution in [-0.2, 0) is 0 Å². The van der Waals surface area contributed by atoms with Crippen molar-refractivity contribution >= 4 is 11.5 Å². The van der Waals surface area contributed by atoms with Crippen LogP contribution in [0.4, 0.5) is 0 Å². The Bertz CT molecular complexity index is 594. The summed E-state index contributed by atoms with van der Waals surface area (Å²) in [5.74, 6) is -0.109. The van der Waals surface area contributed by atoms with Crippen LogP contribution < -0.4 is 0 Å². The van der Waals surface area contributed by atoms with E-state index in [1.807, 2.05) is 57.2 Å². The monoisotopic (exact) mass is 240 g/mol. The van der Waals surface area contributed by atoms with Crippen molar-refractivity contribution in [1.82, 2.24) is 9.78 Å². The van der Waals surface area contributed by atoms with Crippen LogP contribution in [0, 0.1) is 13.8 Å². The topological polar surface area (TPSA) is 34.9 Å². The zero-order valence-electron chi connectivity index (χ0n) is 10.8. The van der Waals surface area contributed by atoms with Gasteiger partial charge in [-0.25, -0.2) is 4.68 Å². The molecular formula is C15H16N2O. The maximum Gasteiger partial charge on any atom is 0.271 e. The summed E-state index contributed by atoms with van der Waals surface area (Å²) in [6.45, 7) is 5.69. The maximum absolute atomic E-state index is 12.1. The summed E-state index contributed by atoms with van der Waals surface area (Å²) < 4.78 is 1.43. The Morgan fingerprint density at radius 2 is 1.89 bits per heavy atom. The summed E-state index contributed by atoms with van der Waals surface area (Å²) in [7, 11) is 0. The summed E-state index contributed by atoms with van der Waals surface area (Å²) in [4.78, 5) is 12.1. The summed E-state index contributed by atoms with van der Waals surface area (Å²) >= 11 is 0. The third-order valence-electron chi connectivity index (χ3n) is 2.79. The van der Waals surface area contributed by atoms with Crippen LogP contribution in [0.1, 0.15) is 28.7 Å². The molecule has 0 radical (unpaired) electrons. The number of aryl methyl sites for hydroxylation is 2. The molecule has 0 aliphatic heterocycles. The number of rotatable bonds is 2. The van der Waals surface area contributed by atoms with E-state index in [-0.39, 0.29) is 5.91 Å². The molecule has 3 heteroatoms. The van der Waals surface area contributed by atoms with E-state index >= 15 is 0 Å². The van der Waals surface area contributed by atoms with Crippen molar-refractivity contribution in [1.29, 1.82) is 0 Å². The average molecular weight is 240 g/mol. The molecule has 0 aliphatic carbocycles. The molecule has 0 amide bonds. The number of nitrogens with zero attached hydrogens (tertiary/aromatic N) is 2. The van der Waals surface area contributed by atoms with E-state index in [0.717, 1.165) is 22.5 Å². The number of hydrogen-bond acceptors (Lipinski definition) is 2. The maximum atomic E-state index is 12.1. The Balaban J connectivity index is 2.29. The van der Waals surface area contributed by atoms with Gasteiger partial charge in [0.1, 0.15) is 0 Å². The van der Waals surface area contributed by atoms with Gasteiger partial charge < -0.3 is 0 Å². The van der Waals surface area contributed by atoms with Crippen molar-refractivity contribution in [3.63, 3.8) is 0 Å². The van der Waals surface area contributed by atoms with E-state index in [0.29, 0.717) is 0 Å². The molecule has 0 aliphatic rings. The molecule has 3 nitrogen and oxygen atoms in total. The minimum absolute atomic E-state index is 0.109. The summed E-state index contributed by atoms with van der Waals surface area (Å²) in [5, 5.41) is 4.18. The second kappa shape index (κ2) is 5.00. The molecule has 0 fully saturated rings. The lowest BCUT2D eigenvalue weighted by molar-refractivity contribution is 0.0952. The number of hydrogen-bond donors (Lipinski definition) is 0. The van der Waals surface area contributed by atoms with Crippen LogP contribution in [0.5, 0.6) is 0 Å². The molecule has 18 heavy (non-hydrogen) atoms. The molecule has 0 spiro atoms. The van der Waals surface area contributed by atoms with E-state index in [1.54, 1.807) is 6.08 Å². The first-order valence-electron chi connectivity index (χ1n) is 5.89. The highest BCUT2D eigenvalue weighted by Crippen LogP contribution is 2.13. The number of carbonyl (C=O) groups is 1. The normalized spacial score (nSPS) is 11.6. The minimum atomic E-state index is -0.109. The van der Waals surface area contributed by atoms with Crippen LogP contribution in [0.15, 0.2) is 42.5 Å². The predicted molar refractivity (Wildman–Crippen MR) is 72.4 cm³/mol. The first-order chi connectivity index (χ1) is 8.58. The van der Waals surface area contributed by atoms with E-state index < -0.39 is 0 Å². The fourth-order valence-electron chi connectivity index (χ4n) is 1.88. The minimum Gasteiger partial charge on any atom is -0.267 e. The Hall–Kier alpha value is -2.16. The van der Waals surface area contributed by atoms with Gasteiger partial charge in [-0.15, -0.1) is 0 Å². The van der Waals surface area contributed by atoms with Crippen molar-refractivity contribution in [2.75, 3.05) is 0 Å². The first-order valence-corrected chi connectivity index (χ1v) is 5.89. The lowest BCUT2D eigenvalue weighted by Gasteiger charge is -2.02. The first kappa shape index (κ1) is 12.3. The van der Waals surface area contributed by atoms with Gasteiger partial charge in [0.15, 0.2) is 0 Å². The molecule has 1 aromatic carbocycles. The zero-order chi connectivity index (χ0) is 13.1. The van der Waals surface area contributed by atoms with Crippen LogP contribution in [-0.4, -0.2) is 15.7 Å². The number of aromatic nitrogens is 2. The van der Waals surface area contributed by atoms with Crippen molar-refractivity contribution in [3.05, 3.63) is 59.4 Å². The Morgan fingerprint density at radius 3 is 2.44 bits per heavy atom. The van der Waals surface area contributed by atoms with Crippen LogP contribution in [0.25, 0.3) is 5.57 Å². The third-order valence-corrected chi connectivity index (χ3v) is 2.79. The van der Waals surface area contributed by atoms with E-state index in [2.05, 4.69) is 5.10 Å². The summed E-state index contributed by atoms with van der Waals surface area (Å²) in [6.07, 6.45) is 1.62. The van der Waals surface area contributed by atoms with Gasteiger partial charge in [-0.05, 0) is 38.0 Å². The van der Waals surface area contributed by atoms with Gasteiger partial charge in [-0.2, -0.15) is 5.10 Å². The van der Waals surface area contributed by atoms with Crippen LogP contribution in [0.3, 0.4) is 0 Å². The molecule has 0 bridgehead atoms. The Morgan fingerprint density at radius 1 is 1.22 bits per heavy atom.